The third-order valence-corrected chi connectivity index (χ3v) is 2.90. The fraction of sp³-hybridized carbons (Fsp3) is 0.333. The van der Waals surface area contributed by atoms with Crippen LogP contribution >= 0.6 is 0 Å². The van der Waals surface area contributed by atoms with Crippen LogP contribution < -0.4 is 10.1 Å². The topological polar surface area (TPSA) is 55.4 Å². The molecule has 0 spiro atoms. The van der Waals surface area contributed by atoms with Gasteiger partial charge < -0.3 is 10.1 Å². The van der Waals surface area contributed by atoms with Crippen molar-refractivity contribution >= 4 is 17.4 Å². The monoisotopic (exact) mass is 259 g/mol. The van der Waals surface area contributed by atoms with E-state index in [0.717, 1.165) is 0 Å². The summed E-state index contributed by atoms with van der Waals surface area (Å²) < 4.78 is 5.75. The molecule has 0 atom stereocenters. The minimum atomic E-state index is -0.480. The number of ether oxygens (including phenoxy) is 1. The minimum absolute atomic E-state index is 0.0256. The maximum atomic E-state index is 12.1. The Kier molecular flexibility index (Phi) is 3.18. The molecule has 0 fully saturated rings. The molecule has 2 rings (SSSR count). The average molecular weight is 259 g/mol. The van der Waals surface area contributed by atoms with Gasteiger partial charge in [-0.3, -0.25) is 9.59 Å². The van der Waals surface area contributed by atoms with E-state index in [1.165, 1.54) is 0 Å². The van der Waals surface area contributed by atoms with Gasteiger partial charge in [-0.05, 0) is 39.0 Å². The van der Waals surface area contributed by atoms with Crippen LogP contribution in [0.2, 0.25) is 0 Å². The van der Waals surface area contributed by atoms with Crippen LogP contribution in [0, 0.1) is 0 Å². The van der Waals surface area contributed by atoms with Crippen LogP contribution in [0.1, 0.15) is 37.6 Å². The first kappa shape index (κ1) is 13.3. The van der Waals surface area contributed by atoms with Gasteiger partial charge in [0, 0.05) is 11.3 Å². The summed E-state index contributed by atoms with van der Waals surface area (Å²) in [4.78, 5) is 23.6. The summed E-state index contributed by atoms with van der Waals surface area (Å²) in [6.45, 7) is 8.96. The second-order valence-electron chi connectivity index (χ2n) is 5.41. The molecule has 0 saturated heterocycles. The summed E-state index contributed by atoms with van der Waals surface area (Å²) in [7, 11) is 0. The molecule has 19 heavy (non-hydrogen) atoms. The molecule has 0 aliphatic carbocycles. The minimum Gasteiger partial charge on any atom is -0.487 e. The molecule has 1 N–H and O–H groups in total. The summed E-state index contributed by atoms with van der Waals surface area (Å²) in [5, 5.41) is 2.69. The highest BCUT2D eigenvalue weighted by atomic mass is 16.5. The molecule has 0 bridgehead atoms. The number of hydrogen-bond acceptors (Lipinski definition) is 3. The summed E-state index contributed by atoms with van der Waals surface area (Å²) in [6.07, 6.45) is 0.331. The highest BCUT2D eigenvalue weighted by Crippen LogP contribution is 2.34. The fourth-order valence-corrected chi connectivity index (χ4v) is 1.97. The predicted molar refractivity (Wildman–Crippen MR) is 73.5 cm³/mol. The van der Waals surface area contributed by atoms with E-state index in [-0.39, 0.29) is 11.7 Å². The van der Waals surface area contributed by atoms with E-state index in [9.17, 15) is 9.59 Å². The molecule has 100 valence electrons. The van der Waals surface area contributed by atoms with Gasteiger partial charge in [0.1, 0.15) is 11.4 Å². The summed E-state index contributed by atoms with van der Waals surface area (Å²) in [5.74, 6) is 0.330. The first-order chi connectivity index (χ1) is 8.78. The van der Waals surface area contributed by atoms with E-state index in [4.69, 9.17) is 4.74 Å². The molecule has 0 radical (unpaired) electrons. The van der Waals surface area contributed by atoms with Gasteiger partial charge in [-0.25, -0.2) is 0 Å². The Morgan fingerprint density at radius 2 is 2.11 bits per heavy atom. The van der Waals surface area contributed by atoms with E-state index in [0.29, 0.717) is 29.0 Å². The van der Waals surface area contributed by atoms with Gasteiger partial charge in [-0.1, -0.05) is 6.58 Å². The Morgan fingerprint density at radius 1 is 1.42 bits per heavy atom. The van der Waals surface area contributed by atoms with Crippen LogP contribution in [0.3, 0.4) is 0 Å². The summed E-state index contributed by atoms with van der Waals surface area (Å²) >= 11 is 0. The van der Waals surface area contributed by atoms with Crippen molar-refractivity contribution in [2.24, 2.45) is 0 Å². The Bertz CT molecular complexity index is 573. The smallest absolute Gasteiger partial charge is 0.250 e. The van der Waals surface area contributed by atoms with Gasteiger partial charge in [0.2, 0.25) is 0 Å². The van der Waals surface area contributed by atoms with Crippen LogP contribution in [0.15, 0.2) is 30.4 Å². The van der Waals surface area contributed by atoms with Crippen molar-refractivity contribution in [1.29, 1.82) is 0 Å². The molecule has 1 aliphatic heterocycles. The number of Topliss-reactive ketones (excluding diaryl/α,β-unsaturated/α-hetero) is 1. The Hall–Kier alpha value is -2.10. The first-order valence-corrected chi connectivity index (χ1v) is 6.12. The lowest BCUT2D eigenvalue weighted by Gasteiger charge is -2.31. The van der Waals surface area contributed by atoms with Crippen molar-refractivity contribution in [1.82, 2.24) is 0 Å². The molecule has 0 unspecified atom stereocenters. The number of nitrogens with one attached hydrogen (secondary N) is 1. The lowest BCUT2D eigenvalue weighted by Crippen LogP contribution is -2.35. The van der Waals surface area contributed by atoms with E-state index < -0.39 is 5.60 Å². The van der Waals surface area contributed by atoms with Crippen molar-refractivity contribution in [3.63, 3.8) is 0 Å². The lowest BCUT2D eigenvalue weighted by atomic mass is 9.93. The molecule has 1 heterocycles. The van der Waals surface area contributed by atoms with Crippen LogP contribution in [0.25, 0.3) is 0 Å². The van der Waals surface area contributed by atoms with Crippen LogP contribution in [0.5, 0.6) is 5.75 Å². The molecular weight excluding hydrogens is 242 g/mol. The Labute approximate surface area is 112 Å². The SMILES string of the molecule is C=C(C)C(=O)Nc1ccc2c(c1)C(=O)CC(C)(C)O2. The van der Waals surface area contributed by atoms with E-state index in [1.807, 2.05) is 13.8 Å². The van der Waals surface area contributed by atoms with Crippen molar-refractivity contribution in [3.05, 3.63) is 35.9 Å². The normalized spacial score (nSPS) is 16.3. The zero-order valence-electron chi connectivity index (χ0n) is 11.4. The zero-order valence-corrected chi connectivity index (χ0v) is 11.4. The standard InChI is InChI=1S/C15H17NO3/c1-9(2)14(18)16-10-5-6-13-11(7-10)12(17)8-15(3,4)19-13/h5-7H,1,8H2,2-4H3,(H,16,18). The molecule has 1 amide bonds. The molecular formula is C15H17NO3. The van der Waals surface area contributed by atoms with E-state index in [2.05, 4.69) is 11.9 Å². The average Bonchev–Trinajstić information content (AvgIpc) is 2.28. The molecule has 1 aliphatic rings. The largest absolute Gasteiger partial charge is 0.487 e. The van der Waals surface area contributed by atoms with Crippen molar-refractivity contribution in [2.75, 3.05) is 5.32 Å². The first-order valence-electron chi connectivity index (χ1n) is 6.12. The number of anilines is 1. The number of carbonyl (C=O) groups is 2. The van der Waals surface area contributed by atoms with Crippen molar-refractivity contribution in [3.8, 4) is 5.75 Å². The van der Waals surface area contributed by atoms with Crippen molar-refractivity contribution < 1.29 is 14.3 Å². The maximum absolute atomic E-state index is 12.1. The second-order valence-corrected chi connectivity index (χ2v) is 5.41. The van der Waals surface area contributed by atoms with Gasteiger partial charge in [-0.15, -0.1) is 0 Å². The Morgan fingerprint density at radius 3 is 2.74 bits per heavy atom. The van der Waals surface area contributed by atoms with Gasteiger partial charge in [-0.2, -0.15) is 0 Å². The van der Waals surface area contributed by atoms with Gasteiger partial charge >= 0.3 is 0 Å². The highest BCUT2D eigenvalue weighted by Gasteiger charge is 2.32. The number of amides is 1. The van der Waals surface area contributed by atoms with Crippen LogP contribution in [0.4, 0.5) is 5.69 Å². The molecule has 0 saturated carbocycles. The van der Waals surface area contributed by atoms with E-state index in [1.54, 1.807) is 25.1 Å². The van der Waals surface area contributed by atoms with E-state index >= 15 is 0 Å². The van der Waals surface area contributed by atoms with Crippen LogP contribution in [-0.4, -0.2) is 17.3 Å². The third kappa shape index (κ3) is 2.84. The molecule has 1 aromatic carbocycles. The number of fused-ring (bicyclic) bond motifs is 1. The zero-order chi connectivity index (χ0) is 14.2. The molecule has 4 heteroatoms. The number of carbonyl (C=O) groups excluding carboxylic acids is 2. The number of ketones is 1. The van der Waals surface area contributed by atoms with Gasteiger partial charge in [0.05, 0.1) is 12.0 Å². The number of rotatable bonds is 2. The van der Waals surface area contributed by atoms with Gasteiger partial charge in [0.15, 0.2) is 5.78 Å². The van der Waals surface area contributed by atoms with Crippen LogP contribution in [-0.2, 0) is 4.79 Å². The summed E-state index contributed by atoms with van der Waals surface area (Å²) in [5.41, 5.74) is 1.02. The maximum Gasteiger partial charge on any atom is 0.250 e. The third-order valence-electron chi connectivity index (χ3n) is 2.90. The highest BCUT2D eigenvalue weighted by molar-refractivity contribution is 6.05. The lowest BCUT2D eigenvalue weighted by molar-refractivity contribution is -0.112. The molecule has 4 nitrogen and oxygen atoms in total. The Balaban J connectivity index is 2.30. The van der Waals surface area contributed by atoms with Gasteiger partial charge in [0.25, 0.3) is 5.91 Å². The quantitative estimate of drug-likeness (QED) is 0.831. The molecule has 0 aromatic heterocycles. The predicted octanol–water partition coefficient (Wildman–Crippen LogP) is 2.95. The molecule has 1 aromatic rings. The number of hydrogen-bond donors (Lipinski definition) is 1. The number of benzene rings is 1. The summed E-state index contributed by atoms with van der Waals surface area (Å²) in [6, 6.07) is 5.07. The van der Waals surface area contributed by atoms with Crippen molar-refractivity contribution in [2.45, 2.75) is 32.8 Å². The second kappa shape index (κ2) is 4.53. The fourth-order valence-electron chi connectivity index (χ4n) is 1.97.